The highest BCUT2D eigenvalue weighted by Gasteiger charge is 2.31. The van der Waals surface area contributed by atoms with Gasteiger partial charge in [0.1, 0.15) is 5.82 Å². The molecule has 1 aliphatic rings. The summed E-state index contributed by atoms with van der Waals surface area (Å²) in [5.41, 5.74) is 1.47. The third-order valence-electron chi connectivity index (χ3n) is 3.64. The molecule has 2 N–H and O–H groups in total. The lowest BCUT2D eigenvalue weighted by Gasteiger charge is -2.38. The van der Waals surface area contributed by atoms with E-state index in [9.17, 15) is 0 Å². The van der Waals surface area contributed by atoms with Crippen molar-refractivity contribution in [3.8, 4) is 0 Å². The number of nitrogens with one attached hydrogen (secondary N) is 2. The summed E-state index contributed by atoms with van der Waals surface area (Å²) in [6.45, 7) is 8.42. The van der Waals surface area contributed by atoms with Gasteiger partial charge in [-0.1, -0.05) is 20.3 Å². The summed E-state index contributed by atoms with van der Waals surface area (Å²) in [7, 11) is 0. The van der Waals surface area contributed by atoms with E-state index in [2.05, 4.69) is 34.4 Å². The Morgan fingerprint density at radius 3 is 2.67 bits per heavy atom. The molecule has 0 aliphatic heterocycles. The first-order valence-electron chi connectivity index (χ1n) is 6.95. The molecule has 0 atom stereocenters. The Balaban J connectivity index is 1.96. The number of aromatic nitrogens is 2. The minimum atomic E-state index is 0.468. The number of hydrogen-bond donors (Lipinski definition) is 2. The summed E-state index contributed by atoms with van der Waals surface area (Å²) in [6.07, 6.45) is 5.10. The van der Waals surface area contributed by atoms with Gasteiger partial charge in [-0.3, -0.25) is 0 Å². The zero-order chi connectivity index (χ0) is 13.0. The minimum absolute atomic E-state index is 0.468. The first-order chi connectivity index (χ1) is 8.61. The normalized spacial score (nSPS) is 17.1. The fourth-order valence-electron chi connectivity index (χ4n) is 2.24. The van der Waals surface area contributed by atoms with Gasteiger partial charge in [0.05, 0.1) is 0 Å². The molecule has 0 radical (unpaired) electrons. The molecule has 1 heterocycles. The van der Waals surface area contributed by atoms with Crippen LogP contribution in [0.25, 0.3) is 0 Å². The lowest BCUT2D eigenvalue weighted by molar-refractivity contribution is 0.180. The number of anilines is 2. The van der Waals surface area contributed by atoms with Crippen molar-refractivity contribution in [3.05, 3.63) is 11.8 Å². The van der Waals surface area contributed by atoms with E-state index >= 15 is 0 Å². The Morgan fingerprint density at radius 2 is 2.06 bits per heavy atom. The molecule has 1 aromatic heterocycles. The second-order valence-electron chi connectivity index (χ2n) is 5.66. The van der Waals surface area contributed by atoms with E-state index in [-0.39, 0.29) is 0 Å². The number of aryl methyl sites for hydroxylation is 1. The Labute approximate surface area is 110 Å². The quantitative estimate of drug-likeness (QED) is 0.811. The van der Waals surface area contributed by atoms with Crippen LogP contribution in [0.2, 0.25) is 0 Å². The van der Waals surface area contributed by atoms with Crippen LogP contribution in [0.5, 0.6) is 0 Å². The van der Waals surface area contributed by atoms with Crippen molar-refractivity contribution in [1.29, 1.82) is 0 Å². The first kappa shape index (κ1) is 13.1. The molecule has 1 fully saturated rings. The van der Waals surface area contributed by atoms with Crippen LogP contribution in [-0.4, -0.2) is 23.1 Å². The van der Waals surface area contributed by atoms with Crippen molar-refractivity contribution in [2.75, 3.05) is 23.7 Å². The van der Waals surface area contributed by atoms with E-state index in [4.69, 9.17) is 0 Å². The Bertz CT molecular complexity index is 399. The molecule has 1 aliphatic carbocycles. The van der Waals surface area contributed by atoms with Crippen molar-refractivity contribution in [1.82, 2.24) is 9.97 Å². The molecule has 4 heteroatoms. The largest absolute Gasteiger partial charge is 0.369 e. The summed E-state index contributed by atoms with van der Waals surface area (Å²) < 4.78 is 0. The van der Waals surface area contributed by atoms with E-state index < -0.39 is 0 Å². The molecule has 0 bridgehead atoms. The van der Waals surface area contributed by atoms with Crippen LogP contribution in [0, 0.1) is 12.3 Å². The highest BCUT2D eigenvalue weighted by atomic mass is 15.1. The first-order valence-corrected chi connectivity index (χ1v) is 6.95. The summed E-state index contributed by atoms with van der Waals surface area (Å²) in [6, 6.07) is 2.01. The average molecular weight is 248 g/mol. The summed E-state index contributed by atoms with van der Waals surface area (Å²) in [5.74, 6) is 1.67. The van der Waals surface area contributed by atoms with Gasteiger partial charge in [0.2, 0.25) is 5.95 Å². The molecule has 4 nitrogen and oxygen atoms in total. The minimum Gasteiger partial charge on any atom is -0.369 e. The molecule has 0 amide bonds. The van der Waals surface area contributed by atoms with Crippen LogP contribution in [0.3, 0.4) is 0 Å². The predicted molar refractivity (Wildman–Crippen MR) is 76.0 cm³/mol. The van der Waals surface area contributed by atoms with E-state index in [1.807, 2.05) is 13.0 Å². The van der Waals surface area contributed by atoms with Gasteiger partial charge in [-0.25, -0.2) is 4.98 Å². The van der Waals surface area contributed by atoms with Crippen LogP contribution in [0.4, 0.5) is 11.8 Å². The second kappa shape index (κ2) is 5.55. The van der Waals surface area contributed by atoms with Gasteiger partial charge < -0.3 is 10.6 Å². The van der Waals surface area contributed by atoms with Crippen LogP contribution in [0.15, 0.2) is 6.07 Å². The van der Waals surface area contributed by atoms with Crippen molar-refractivity contribution in [2.24, 2.45) is 5.41 Å². The van der Waals surface area contributed by atoms with Crippen LogP contribution >= 0.6 is 0 Å². The fraction of sp³-hybridized carbons (Fsp3) is 0.714. The molecular formula is C14H24N4. The molecular weight excluding hydrogens is 224 g/mol. The maximum atomic E-state index is 4.50. The maximum Gasteiger partial charge on any atom is 0.224 e. The van der Waals surface area contributed by atoms with Crippen LogP contribution < -0.4 is 10.6 Å². The highest BCUT2D eigenvalue weighted by Crippen LogP contribution is 2.40. The third-order valence-corrected chi connectivity index (χ3v) is 3.64. The molecule has 18 heavy (non-hydrogen) atoms. The topological polar surface area (TPSA) is 49.8 Å². The SMILES string of the molecule is CCCNc1nc(C)cc(NCC2(C)CCC2)n1. The lowest BCUT2D eigenvalue weighted by atomic mass is 9.70. The van der Waals surface area contributed by atoms with Crippen molar-refractivity contribution >= 4 is 11.8 Å². The molecule has 0 spiro atoms. The van der Waals surface area contributed by atoms with E-state index in [1.165, 1.54) is 19.3 Å². The molecule has 1 saturated carbocycles. The Morgan fingerprint density at radius 1 is 1.28 bits per heavy atom. The van der Waals surface area contributed by atoms with Gasteiger partial charge in [0.25, 0.3) is 0 Å². The number of nitrogens with zero attached hydrogens (tertiary/aromatic N) is 2. The van der Waals surface area contributed by atoms with Crippen molar-refractivity contribution in [2.45, 2.75) is 46.5 Å². The molecule has 0 unspecified atom stereocenters. The van der Waals surface area contributed by atoms with Crippen molar-refractivity contribution < 1.29 is 0 Å². The summed E-state index contributed by atoms with van der Waals surface area (Å²) in [5, 5.41) is 6.69. The smallest absolute Gasteiger partial charge is 0.224 e. The standard InChI is InChI=1S/C14H24N4/c1-4-8-15-13-17-11(2)9-12(18-13)16-10-14(3)6-5-7-14/h9H,4-8,10H2,1-3H3,(H2,15,16,17,18). The van der Waals surface area contributed by atoms with Gasteiger partial charge in [0, 0.05) is 24.8 Å². The van der Waals surface area contributed by atoms with Gasteiger partial charge in [-0.2, -0.15) is 4.98 Å². The van der Waals surface area contributed by atoms with Crippen LogP contribution in [0.1, 0.15) is 45.2 Å². The molecule has 0 aromatic carbocycles. The van der Waals surface area contributed by atoms with E-state index in [1.54, 1.807) is 0 Å². The van der Waals surface area contributed by atoms with E-state index in [0.29, 0.717) is 5.41 Å². The fourth-order valence-corrected chi connectivity index (χ4v) is 2.24. The van der Waals surface area contributed by atoms with Crippen LogP contribution in [-0.2, 0) is 0 Å². The number of hydrogen-bond acceptors (Lipinski definition) is 4. The Kier molecular flexibility index (Phi) is 4.04. The average Bonchev–Trinajstić information content (AvgIpc) is 2.31. The summed E-state index contributed by atoms with van der Waals surface area (Å²) >= 11 is 0. The zero-order valence-corrected chi connectivity index (χ0v) is 11.7. The maximum absolute atomic E-state index is 4.50. The zero-order valence-electron chi connectivity index (χ0n) is 11.7. The molecule has 100 valence electrons. The lowest BCUT2D eigenvalue weighted by Crippen LogP contribution is -2.33. The summed E-state index contributed by atoms with van der Waals surface area (Å²) in [4.78, 5) is 8.89. The Hall–Kier alpha value is -1.32. The highest BCUT2D eigenvalue weighted by molar-refractivity contribution is 5.42. The monoisotopic (exact) mass is 248 g/mol. The van der Waals surface area contributed by atoms with Gasteiger partial charge in [-0.15, -0.1) is 0 Å². The molecule has 1 aromatic rings. The van der Waals surface area contributed by atoms with Gasteiger partial charge in [0.15, 0.2) is 0 Å². The van der Waals surface area contributed by atoms with Gasteiger partial charge in [-0.05, 0) is 31.6 Å². The van der Waals surface area contributed by atoms with E-state index in [0.717, 1.165) is 37.0 Å². The number of rotatable bonds is 6. The molecule has 0 saturated heterocycles. The predicted octanol–water partition coefficient (Wildman–Crippen LogP) is 3.21. The second-order valence-corrected chi connectivity index (χ2v) is 5.66. The molecule has 2 rings (SSSR count). The van der Waals surface area contributed by atoms with Crippen molar-refractivity contribution in [3.63, 3.8) is 0 Å². The van der Waals surface area contributed by atoms with Gasteiger partial charge >= 0.3 is 0 Å². The third kappa shape index (κ3) is 3.34.